The standard InChI is InChI=1S/C17H14.C2H6.CH5N/c1-3-5-13-10-11-15-7-4-6-14-9-8-12(2)16(13)17(14)15;2*1-2/h3-11H,1H2,2H3;1-2H3;2H2,1H3/b13-5-;;. The fourth-order valence-electron chi connectivity index (χ4n) is 2.55. The average molecular weight is 279 g/mol. The molecule has 0 aromatic heterocycles. The molecule has 0 heterocycles. The fraction of sp³-hybridized carbons (Fsp3) is 0.200. The lowest BCUT2D eigenvalue weighted by atomic mass is 9.96. The summed E-state index contributed by atoms with van der Waals surface area (Å²) in [6, 6.07) is 15.2. The van der Waals surface area contributed by atoms with Crippen molar-refractivity contribution < 1.29 is 0 Å². The Hall–Kier alpha value is -2.12. The van der Waals surface area contributed by atoms with Crippen LogP contribution in [0.1, 0.15) is 19.4 Å². The molecular formula is C20H25N. The fourth-order valence-corrected chi connectivity index (χ4v) is 2.55. The van der Waals surface area contributed by atoms with E-state index < -0.39 is 0 Å². The van der Waals surface area contributed by atoms with Gasteiger partial charge in [-0.05, 0) is 46.3 Å². The molecule has 0 fully saturated rings. The third-order valence-corrected chi connectivity index (χ3v) is 3.31. The van der Waals surface area contributed by atoms with E-state index in [9.17, 15) is 0 Å². The molecule has 1 heteroatoms. The molecule has 0 aliphatic rings. The molecule has 21 heavy (non-hydrogen) atoms. The van der Waals surface area contributed by atoms with Crippen LogP contribution in [-0.2, 0) is 0 Å². The van der Waals surface area contributed by atoms with Gasteiger partial charge >= 0.3 is 0 Å². The average Bonchev–Trinajstić information content (AvgIpc) is 2.56. The van der Waals surface area contributed by atoms with Crippen molar-refractivity contribution in [2.24, 2.45) is 5.73 Å². The van der Waals surface area contributed by atoms with Crippen molar-refractivity contribution in [1.82, 2.24) is 0 Å². The van der Waals surface area contributed by atoms with Crippen molar-refractivity contribution >= 4 is 27.6 Å². The van der Waals surface area contributed by atoms with Gasteiger partial charge in [0.25, 0.3) is 0 Å². The number of allylic oxidation sites excluding steroid dienone is 1. The number of nitrogens with two attached hydrogens (primary N) is 1. The lowest BCUT2D eigenvalue weighted by Crippen LogP contribution is -2.03. The third kappa shape index (κ3) is 3.32. The summed E-state index contributed by atoms with van der Waals surface area (Å²) in [5.74, 6) is 0. The summed E-state index contributed by atoms with van der Waals surface area (Å²) < 4.78 is 0. The van der Waals surface area contributed by atoms with E-state index in [0.29, 0.717) is 0 Å². The SMILES string of the molecule is C=C/C=c1/ccc2cccc3ccc(C)c1c32.CC.CN. The first-order valence-electron chi connectivity index (χ1n) is 7.42. The molecule has 0 saturated heterocycles. The molecule has 0 saturated carbocycles. The zero-order valence-electron chi connectivity index (χ0n) is 13.5. The van der Waals surface area contributed by atoms with Gasteiger partial charge in [-0.1, -0.05) is 75.0 Å². The maximum Gasteiger partial charge on any atom is -0.00302 e. The zero-order chi connectivity index (χ0) is 15.8. The number of hydrogen-bond acceptors (Lipinski definition) is 1. The van der Waals surface area contributed by atoms with Crippen molar-refractivity contribution in [3.05, 3.63) is 65.9 Å². The smallest absolute Gasteiger partial charge is 0.00302 e. The predicted molar refractivity (Wildman–Crippen MR) is 97.5 cm³/mol. The molecule has 3 aromatic carbocycles. The highest BCUT2D eigenvalue weighted by Gasteiger charge is 2.04. The molecule has 0 unspecified atom stereocenters. The second-order valence-corrected chi connectivity index (χ2v) is 4.39. The molecule has 0 aliphatic heterocycles. The molecule has 3 aromatic rings. The molecule has 0 radical (unpaired) electrons. The summed E-state index contributed by atoms with van der Waals surface area (Å²) in [5, 5.41) is 6.58. The van der Waals surface area contributed by atoms with Crippen LogP contribution < -0.4 is 11.0 Å². The summed E-state index contributed by atoms with van der Waals surface area (Å²) in [6.07, 6.45) is 3.93. The van der Waals surface area contributed by atoms with Crippen LogP contribution in [0.5, 0.6) is 0 Å². The van der Waals surface area contributed by atoms with E-state index in [4.69, 9.17) is 0 Å². The number of hydrogen-bond donors (Lipinski definition) is 1. The normalized spacial score (nSPS) is 10.6. The summed E-state index contributed by atoms with van der Waals surface area (Å²) in [6.45, 7) is 9.96. The Balaban J connectivity index is 0.000000510. The van der Waals surface area contributed by atoms with Crippen molar-refractivity contribution in [2.45, 2.75) is 20.8 Å². The van der Waals surface area contributed by atoms with Gasteiger partial charge in [-0.3, -0.25) is 0 Å². The zero-order valence-corrected chi connectivity index (χ0v) is 13.5. The maximum absolute atomic E-state index is 4.50. The highest BCUT2D eigenvalue weighted by molar-refractivity contribution is 6.11. The molecule has 2 N–H and O–H groups in total. The van der Waals surface area contributed by atoms with E-state index in [1.54, 1.807) is 0 Å². The molecule has 110 valence electrons. The summed E-state index contributed by atoms with van der Waals surface area (Å²) in [4.78, 5) is 0. The van der Waals surface area contributed by atoms with Crippen LogP contribution in [0.3, 0.4) is 0 Å². The lowest BCUT2D eigenvalue weighted by Gasteiger charge is -2.08. The maximum atomic E-state index is 4.50. The van der Waals surface area contributed by atoms with Gasteiger partial charge in [0.05, 0.1) is 0 Å². The number of rotatable bonds is 1. The van der Waals surface area contributed by atoms with E-state index in [1.165, 1.54) is 39.4 Å². The Labute approximate surface area is 127 Å². The summed E-state index contributed by atoms with van der Waals surface area (Å²) in [7, 11) is 1.50. The minimum absolute atomic E-state index is 1.25. The van der Waals surface area contributed by atoms with E-state index in [-0.39, 0.29) is 0 Å². The molecular weight excluding hydrogens is 254 g/mol. The van der Waals surface area contributed by atoms with Crippen LogP contribution in [0.4, 0.5) is 0 Å². The predicted octanol–water partition coefficient (Wildman–Crippen LogP) is 4.59. The van der Waals surface area contributed by atoms with Gasteiger partial charge in [0.15, 0.2) is 0 Å². The van der Waals surface area contributed by atoms with Crippen LogP contribution in [0.2, 0.25) is 0 Å². The van der Waals surface area contributed by atoms with Gasteiger partial charge in [0, 0.05) is 0 Å². The van der Waals surface area contributed by atoms with Crippen LogP contribution >= 0.6 is 0 Å². The van der Waals surface area contributed by atoms with Gasteiger partial charge in [-0.2, -0.15) is 0 Å². The van der Waals surface area contributed by atoms with Crippen LogP contribution in [-0.4, -0.2) is 7.05 Å². The van der Waals surface area contributed by atoms with Gasteiger partial charge in [0.2, 0.25) is 0 Å². The monoisotopic (exact) mass is 279 g/mol. The van der Waals surface area contributed by atoms with Crippen LogP contribution in [0, 0.1) is 6.92 Å². The summed E-state index contributed by atoms with van der Waals surface area (Å²) in [5.41, 5.74) is 5.82. The van der Waals surface area contributed by atoms with E-state index in [1.807, 2.05) is 19.9 Å². The third-order valence-electron chi connectivity index (χ3n) is 3.31. The van der Waals surface area contributed by atoms with Crippen LogP contribution in [0.25, 0.3) is 27.6 Å². The second-order valence-electron chi connectivity index (χ2n) is 4.39. The molecule has 0 bridgehead atoms. The first kappa shape index (κ1) is 16.9. The van der Waals surface area contributed by atoms with Gasteiger partial charge in [0.1, 0.15) is 0 Å². The van der Waals surface area contributed by atoms with Crippen molar-refractivity contribution in [3.8, 4) is 0 Å². The van der Waals surface area contributed by atoms with E-state index in [0.717, 1.165) is 0 Å². The first-order valence-corrected chi connectivity index (χ1v) is 7.42. The van der Waals surface area contributed by atoms with Gasteiger partial charge in [-0.15, -0.1) is 0 Å². The van der Waals surface area contributed by atoms with Crippen molar-refractivity contribution in [1.29, 1.82) is 0 Å². The Morgan fingerprint density at radius 3 is 2.00 bits per heavy atom. The number of aryl methyl sites for hydroxylation is 1. The van der Waals surface area contributed by atoms with Crippen LogP contribution in [0.15, 0.2) is 55.1 Å². The molecule has 3 rings (SSSR count). The molecule has 0 spiro atoms. The Bertz CT molecular complexity index is 753. The van der Waals surface area contributed by atoms with Gasteiger partial charge in [-0.25, -0.2) is 0 Å². The minimum Gasteiger partial charge on any atom is -0.333 e. The topological polar surface area (TPSA) is 26.0 Å². The minimum atomic E-state index is 1.25. The Morgan fingerprint density at radius 1 is 0.857 bits per heavy atom. The van der Waals surface area contributed by atoms with E-state index in [2.05, 4.69) is 67.8 Å². The molecule has 0 aliphatic carbocycles. The summed E-state index contributed by atoms with van der Waals surface area (Å²) >= 11 is 0. The highest BCUT2D eigenvalue weighted by Crippen LogP contribution is 2.26. The van der Waals surface area contributed by atoms with Crippen molar-refractivity contribution in [3.63, 3.8) is 0 Å². The first-order chi connectivity index (χ1) is 10.3. The largest absolute Gasteiger partial charge is 0.333 e. The second kappa shape index (κ2) is 8.23. The number of benzene rings is 3. The Kier molecular flexibility index (Phi) is 6.64. The van der Waals surface area contributed by atoms with Gasteiger partial charge < -0.3 is 5.73 Å². The highest BCUT2D eigenvalue weighted by atomic mass is 14.4. The quantitative estimate of drug-likeness (QED) is 0.693. The lowest BCUT2D eigenvalue weighted by molar-refractivity contribution is 1.48. The molecule has 0 amide bonds. The molecule has 0 atom stereocenters. The molecule has 1 nitrogen and oxygen atoms in total. The van der Waals surface area contributed by atoms with E-state index >= 15 is 0 Å². The van der Waals surface area contributed by atoms with Crippen molar-refractivity contribution in [2.75, 3.05) is 7.05 Å². The Morgan fingerprint density at radius 2 is 1.43 bits per heavy atom.